The third-order valence-electron chi connectivity index (χ3n) is 4.69. The molecule has 0 spiro atoms. The third kappa shape index (κ3) is 1.97. The molecule has 0 saturated carbocycles. The van der Waals surface area contributed by atoms with Gasteiger partial charge >= 0.3 is 0 Å². The van der Waals surface area contributed by atoms with Crippen LogP contribution in [0, 0.1) is 13.8 Å². The molecule has 0 atom stereocenters. The quantitative estimate of drug-likeness (QED) is 0.495. The number of hydrogen-bond acceptors (Lipinski definition) is 2. The minimum atomic E-state index is 0.283. The molecule has 2 aromatic heterocycles. The van der Waals surface area contributed by atoms with E-state index in [1.54, 1.807) is 0 Å². The summed E-state index contributed by atoms with van der Waals surface area (Å²) < 4.78 is 0. The van der Waals surface area contributed by atoms with Crippen molar-refractivity contribution in [3.8, 4) is 0 Å². The molecule has 3 aromatic rings. The van der Waals surface area contributed by atoms with Gasteiger partial charge in [0.1, 0.15) is 0 Å². The molecule has 0 amide bonds. The average molecular weight is 284 g/mol. The summed E-state index contributed by atoms with van der Waals surface area (Å²) in [6.45, 7) is 4.65. The molecule has 1 aromatic carbocycles. The second kappa shape index (κ2) is 5.10. The number of hydrogen-bond donors (Lipinski definition) is 0. The van der Waals surface area contributed by atoms with Gasteiger partial charge < -0.3 is 0 Å². The SMILES string of the molecule is Cc1ccccc1B1c2ccncc2Cc2cncc(C)c21. The maximum Gasteiger partial charge on any atom is 0.242 e. The largest absolute Gasteiger partial charge is 0.264 e. The van der Waals surface area contributed by atoms with Gasteiger partial charge in [0.15, 0.2) is 0 Å². The second-order valence-electron chi connectivity index (χ2n) is 6.07. The van der Waals surface area contributed by atoms with E-state index >= 15 is 0 Å². The highest BCUT2D eigenvalue weighted by molar-refractivity contribution is 6.96. The van der Waals surface area contributed by atoms with E-state index in [4.69, 9.17) is 0 Å². The van der Waals surface area contributed by atoms with E-state index in [9.17, 15) is 0 Å². The van der Waals surface area contributed by atoms with Gasteiger partial charge in [-0.3, -0.25) is 9.97 Å². The van der Waals surface area contributed by atoms with Crippen LogP contribution in [0.1, 0.15) is 22.3 Å². The molecule has 0 N–H and O–H groups in total. The van der Waals surface area contributed by atoms with Crippen molar-refractivity contribution in [2.75, 3.05) is 0 Å². The van der Waals surface area contributed by atoms with Gasteiger partial charge in [-0.2, -0.15) is 0 Å². The molecule has 0 saturated heterocycles. The second-order valence-corrected chi connectivity index (χ2v) is 6.07. The monoisotopic (exact) mass is 284 g/mol. The lowest BCUT2D eigenvalue weighted by molar-refractivity contribution is 1.12. The van der Waals surface area contributed by atoms with E-state index in [0.29, 0.717) is 0 Å². The highest BCUT2D eigenvalue weighted by atomic mass is 14.6. The fourth-order valence-electron chi connectivity index (χ4n) is 3.65. The van der Waals surface area contributed by atoms with Crippen molar-refractivity contribution in [1.82, 2.24) is 9.97 Å². The van der Waals surface area contributed by atoms with E-state index in [-0.39, 0.29) is 6.71 Å². The Morgan fingerprint density at radius 1 is 0.818 bits per heavy atom. The van der Waals surface area contributed by atoms with E-state index < -0.39 is 0 Å². The fraction of sp³-hybridized carbons (Fsp3) is 0.158. The van der Waals surface area contributed by atoms with Gasteiger partial charge in [-0.25, -0.2) is 0 Å². The highest BCUT2D eigenvalue weighted by Gasteiger charge is 2.32. The number of fused-ring (bicyclic) bond motifs is 2. The van der Waals surface area contributed by atoms with Crippen LogP contribution in [-0.4, -0.2) is 16.7 Å². The Hall–Kier alpha value is -2.42. The highest BCUT2D eigenvalue weighted by Crippen LogP contribution is 2.15. The summed E-state index contributed by atoms with van der Waals surface area (Å²) in [5, 5.41) is 0. The average Bonchev–Trinajstić information content (AvgIpc) is 2.54. The lowest BCUT2D eigenvalue weighted by Gasteiger charge is -2.28. The van der Waals surface area contributed by atoms with Gasteiger partial charge in [-0.05, 0) is 43.0 Å². The predicted octanol–water partition coefficient (Wildman–Crippen LogP) is 1.51. The maximum absolute atomic E-state index is 4.40. The van der Waals surface area contributed by atoms with E-state index in [0.717, 1.165) is 6.42 Å². The van der Waals surface area contributed by atoms with Crippen LogP contribution in [-0.2, 0) is 6.42 Å². The molecule has 22 heavy (non-hydrogen) atoms. The van der Waals surface area contributed by atoms with Crippen molar-refractivity contribution < 1.29 is 0 Å². The van der Waals surface area contributed by atoms with Crippen LogP contribution >= 0.6 is 0 Å². The first-order chi connectivity index (χ1) is 10.8. The zero-order chi connectivity index (χ0) is 15.1. The molecule has 3 heterocycles. The minimum absolute atomic E-state index is 0.283. The lowest BCUT2D eigenvalue weighted by Crippen LogP contribution is -2.58. The van der Waals surface area contributed by atoms with Gasteiger partial charge in [0.05, 0.1) is 0 Å². The van der Waals surface area contributed by atoms with Crippen LogP contribution in [0.4, 0.5) is 0 Å². The Balaban J connectivity index is 2.04. The summed E-state index contributed by atoms with van der Waals surface area (Å²) in [6.07, 6.45) is 8.84. The molecular formula is C19H17BN2. The predicted molar refractivity (Wildman–Crippen MR) is 91.9 cm³/mol. The Labute approximate surface area is 131 Å². The van der Waals surface area contributed by atoms with Gasteiger partial charge in [0, 0.05) is 24.8 Å². The molecule has 106 valence electrons. The summed E-state index contributed by atoms with van der Waals surface area (Å²) in [6, 6.07) is 10.9. The number of benzene rings is 1. The summed E-state index contributed by atoms with van der Waals surface area (Å²) in [4.78, 5) is 8.72. The van der Waals surface area contributed by atoms with Crippen molar-refractivity contribution in [2.45, 2.75) is 20.3 Å². The van der Waals surface area contributed by atoms with Crippen LogP contribution < -0.4 is 16.4 Å². The summed E-state index contributed by atoms with van der Waals surface area (Å²) >= 11 is 0. The molecule has 1 aliphatic heterocycles. The summed E-state index contributed by atoms with van der Waals surface area (Å²) in [5.41, 5.74) is 9.43. The molecule has 0 aliphatic carbocycles. The number of pyridine rings is 2. The van der Waals surface area contributed by atoms with Crippen LogP contribution in [0.15, 0.2) is 55.1 Å². The smallest absolute Gasteiger partial charge is 0.242 e. The zero-order valence-corrected chi connectivity index (χ0v) is 12.9. The standard InChI is InChI=1S/C19H17BN2/c1-13-5-3-4-6-17(13)20-18-7-8-21-11-15(18)9-16-12-22-10-14(2)19(16)20/h3-8,10-12H,9H2,1-2H3. The van der Waals surface area contributed by atoms with Crippen LogP contribution in [0.2, 0.25) is 0 Å². The normalized spacial score (nSPS) is 12.7. The summed E-state index contributed by atoms with van der Waals surface area (Å²) in [7, 11) is 0. The molecule has 3 heteroatoms. The summed E-state index contributed by atoms with van der Waals surface area (Å²) in [5.74, 6) is 0. The molecular weight excluding hydrogens is 267 g/mol. The molecule has 0 unspecified atom stereocenters. The van der Waals surface area contributed by atoms with Crippen molar-refractivity contribution in [1.29, 1.82) is 0 Å². The molecule has 0 radical (unpaired) electrons. The number of rotatable bonds is 1. The zero-order valence-electron chi connectivity index (χ0n) is 12.9. The number of aromatic nitrogens is 2. The van der Waals surface area contributed by atoms with Crippen molar-refractivity contribution in [3.63, 3.8) is 0 Å². The van der Waals surface area contributed by atoms with Crippen molar-refractivity contribution >= 4 is 23.1 Å². The van der Waals surface area contributed by atoms with Crippen molar-refractivity contribution in [2.24, 2.45) is 0 Å². The number of aryl methyl sites for hydroxylation is 2. The minimum Gasteiger partial charge on any atom is -0.264 e. The first kappa shape index (κ1) is 13.3. The fourth-order valence-corrected chi connectivity index (χ4v) is 3.65. The topological polar surface area (TPSA) is 25.8 Å². The molecule has 2 nitrogen and oxygen atoms in total. The Morgan fingerprint density at radius 3 is 2.50 bits per heavy atom. The van der Waals surface area contributed by atoms with E-state index in [2.05, 4.69) is 54.1 Å². The molecule has 1 aliphatic rings. The van der Waals surface area contributed by atoms with Crippen LogP contribution in [0.5, 0.6) is 0 Å². The van der Waals surface area contributed by atoms with Crippen LogP contribution in [0.3, 0.4) is 0 Å². The first-order valence-electron chi connectivity index (χ1n) is 7.67. The van der Waals surface area contributed by atoms with Gasteiger partial charge in [-0.1, -0.05) is 46.2 Å². The van der Waals surface area contributed by atoms with Gasteiger partial charge in [0.25, 0.3) is 0 Å². The lowest BCUT2D eigenvalue weighted by atomic mass is 9.32. The van der Waals surface area contributed by atoms with Gasteiger partial charge in [-0.15, -0.1) is 0 Å². The molecule has 4 rings (SSSR count). The first-order valence-corrected chi connectivity index (χ1v) is 7.67. The Kier molecular flexibility index (Phi) is 3.07. The van der Waals surface area contributed by atoms with E-state index in [1.807, 2.05) is 24.8 Å². The van der Waals surface area contributed by atoms with Crippen molar-refractivity contribution in [3.05, 3.63) is 77.4 Å². The molecule has 0 fully saturated rings. The molecule has 0 bridgehead atoms. The van der Waals surface area contributed by atoms with Gasteiger partial charge in [0.2, 0.25) is 6.71 Å². The Bertz CT molecular complexity index is 847. The van der Waals surface area contributed by atoms with E-state index in [1.165, 1.54) is 38.6 Å². The maximum atomic E-state index is 4.40. The van der Waals surface area contributed by atoms with Crippen LogP contribution in [0.25, 0.3) is 0 Å². The Morgan fingerprint density at radius 2 is 1.64 bits per heavy atom. The third-order valence-corrected chi connectivity index (χ3v) is 4.69. The number of nitrogens with zero attached hydrogens (tertiary/aromatic N) is 2.